The van der Waals surface area contributed by atoms with Crippen LogP contribution in [-0.4, -0.2) is 68.2 Å². The molecule has 3 aliphatic heterocycles. The van der Waals surface area contributed by atoms with Crippen LogP contribution >= 0.6 is 0 Å². The second kappa shape index (κ2) is 9.51. The Morgan fingerprint density at radius 3 is 2.44 bits per heavy atom. The van der Waals surface area contributed by atoms with Crippen LogP contribution < -0.4 is 0 Å². The lowest BCUT2D eigenvalue weighted by Crippen LogP contribution is -2.50. The standard InChI is InChI=1S/C25H36BNO7/c1-23(2)24(3,4)34-26(33-23)13-9-12-25-17-31-16-19(25)14-27(20(25)21(28)30-5)22(29)32-15-18-10-7-6-8-11-18/h6-8,10-11,19-20H,9,12-17H2,1-5H3/t19?,20-,25+/m1/s1. The lowest BCUT2D eigenvalue weighted by Gasteiger charge is -2.34. The molecular formula is C25H36BNO7. The van der Waals surface area contributed by atoms with E-state index in [0.29, 0.717) is 32.5 Å². The zero-order valence-corrected chi connectivity index (χ0v) is 20.9. The molecule has 4 rings (SSSR count). The molecule has 1 amide bonds. The van der Waals surface area contributed by atoms with Crippen molar-refractivity contribution in [2.75, 3.05) is 26.9 Å². The molecule has 1 unspecified atom stereocenters. The third kappa shape index (κ3) is 4.57. The molecule has 0 spiro atoms. The number of fused-ring (bicyclic) bond motifs is 1. The fourth-order valence-corrected chi connectivity index (χ4v) is 5.41. The van der Waals surface area contributed by atoms with Gasteiger partial charge in [-0.1, -0.05) is 36.8 Å². The maximum absolute atomic E-state index is 13.1. The number of benzene rings is 1. The van der Waals surface area contributed by atoms with Crippen molar-refractivity contribution in [1.29, 1.82) is 0 Å². The van der Waals surface area contributed by atoms with E-state index in [2.05, 4.69) is 0 Å². The molecule has 0 saturated carbocycles. The first-order chi connectivity index (χ1) is 16.1. The minimum atomic E-state index is -0.744. The molecule has 0 N–H and O–H groups in total. The Kier molecular flexibility index (Phi) is 7.00. The Morgan fingerprint density at radius 1 is 1.12 bits per heavy atom. The highest BCUT2D eigenvalue weighted by Gasteiger charge is 2.62. The van der Waals surface area contributed by atoms with Gasteiger partial charge in [0.1, 0.15) is 12.6 Å². The Hall–Kier alpha value is -2.10. The van der Waals surface area contributed by atoms with Crippen LogP contribution in [0, 0.1) is 11.3 Å². The summed E-state index contributed by atoms with van der Waals surface area (Å²) in [5, 5.41) is 0. The van der Waals surface area contributed by atoms with Crippen LogP contribution in [0.5, 0.6) is 0 Å². The van der Waals surface area contributed by atoms with E-state index in [-0.39, 0.29) is 30.8 Å². The van der Waals surface area contributed by atoms with Crippen LogP contribution in [0.25, 0.3) is 0 Å². The fraction of sp³-hybridized carbons (Fsp3) is 0.680. The van der Waals surface area contributed by atoms with Gasteiger partial charge in [-0.15, -0.1) is 0 Å². The summed E-state index contributed by atoms with van der Waals surface area (Å²) in [5.41, 5.74) is -0.375. The molecule has 0 bridgehead atoms. The summed E-state index contributed by atoms with van der Waals surface area (Å²) in [6.45, 7) is 9.62. The fourth-order valence-electron chi connectivity index (χ4n) is 5.41. The van der Waals surface area contributed by atoms with Crippen LogP contribution in [0.4, 0.5) is 4.79 Å². The Balaban J connectivity index is 1.44. The van der Waals surface area contributed by atoms with Gasteiger partial charge in [-0.25, -0.2) is 9.59 Å². The largest absolute Gasteiger partial charge is 0.467 e. The van der Waals surface area contributed by atoms with Gasteiger partial charge in [-0.3, -0.25) is 4.90 Å². The molecule has 0 aliphatic carbocycles. The number of esters is 1. The highest BCUT2D eigenvalue weighted by molar-refractivity contribution is 6.45. The number of nitrogens with zero attached hydrogens (tertiary/aromatic N) is 1. The van der Waals surface area contributed by atoms with Gasteiger partial charge in [0, 0.05) is 17.9 Å². The second-order valence-corrected chi connectivity index (χ2v) is 10.6. The summed E-state index contributed by atoms with van der Waals surface area (Å²) in [5.74, 6) is -0.389. The molecule has 34 heavy (non-hydrogen) atoms. The van der Waals surface area contributed by atoms with E-state index in [1.165, 1.54) is 12.0 Å². The van der Waals surface area contributed by atoms with Gasteiger partial charge < -0.3 is 23.5 Å². The quantitative estimate of drug-likeness (QED) is 0.441. The van der Waals surface area contributed by atoms with E-state index >= 15 is 0 Å². The van der Waals surface area contributed by atoms with E-state index in [9.17, 15) is 9.59 Å². The van der Waals surface area contributed by atoms with E-state index in [4.69, 9.17) is 23.5 Å². The average molecular weight is 473 g/mol. The first-order valence-corrected chi connectivity index (χ1v) is 12.1. The van der Waals surface area contributed by atoms with E-state index in [1.807, 2.05) is 58.0 Å². The van der Waals surface area contributed by atoms with Crippen molar-refractivity contribution < 1.29 is 33.1 Å². The molecule has 0 radical (unpaired) electrons. The molecule has 0 aromatic heterocycles. The minimum Gasteiger partial charge on any atom is -0.467 e. The number of hydrogen-bond acceptors (Lipinski definition) is 7. The topological polar surface area (TPSA) is 83.5 Å². The molecule has 3 saturated heterocycles. The van der Waals surface area contributed by atoms with Crippen LogP contribution in [-0.2, 0) is 34.9 Å². The van der Waals surface area contributed by atoms with Crippen molar-refractivity contribution in [3.63, 3.8) is 0 Å². The summed E-state index contributed by atoms with van der Waals surface area (Å²) in [7, 11) is 1.06. The molecule has 1 aromatic carbocycles. The zero-order chi connectivity index (χ0) is 24.6. The average Bonchev–Trinajstić information content (AvgIpc) is 3.39. The first-order valence-electron chi connectivity index (χ1n) is 12.1. The number of hydrogen-bond donors (Lipinski definition) is 0. The third-order valence-electron chi connectivity index (χ3n) is 8.02. The van der Waals surface area contributed by atoms with Crippen molar-refractivity contribution in [3.8, 4) is 0 Å². The number of methoxy groups -OCH3 is 1. The summed E-state index contributed by atoms with van der Waals surface area (Å²) in [6.07, 6.45) is 1.67. The maximum atomic E-state index is 13.1. The highest BCUT2D eigenvalue weighted by atomic mass is 16.7. The van der Waals surface area contributed by atoms with Crippen LogP contribution in [0.1, 0.15) is 46.1 Å². The van der Waals surface area contributed by atoms with E-state index in [0.717, 1.165) is 12.0 Å². The zero-order valence-electron chi connectivity index (χ0n) is 20.9. The molecule has 3 aliphatic rings. The van der Waals surface area contributed by atoms with Crippen molar-refractivity contribution in [3.05, 3.63) is 35.9 Å². The van der Waals surface area contributed by atoms with Gasteiger partial charge in [-0.05, 0) is 46.0 Å². The second-order valence-electron chi connectivity index (χ2n) is 10.6. The van der Waals surface area contributed by atoms with Crippen molar-refractivity contribution in [2.24, 2.45) is 11.3 Å². The van der Waals surface area contributed by atoms with Crippen LogP contribution in [0.3, 0.4) is 0 Å². The Bertz CT molecular complexity index is 877. The van der Waals surface area contributed by atoms with E-state index in [1.54, 1.807) is 0 Å². The summed E-state index contributed by atoms with van der Waals surface area (Å²) in [4.78, 5) is 27.6. The number of rotatable bonds is 7. The van der Waals surface area contributed by atoms with Gasteiger partial charge in [0.15, 0.2) is 0 Å². The molecule has 8 nitrogen and oxygen atoms in total. The number of carbonyl (C=O) groups is 2. The van der Waals surface area contributed by atoms with Gasteiger partial charge in [0.05, 0.1) is 31.5 Å². The van der Waals surface area contributed by atoms with Gasteiger partial charge >= 0.3 is 19.2 Å². The molecule has 9 heteroatoms. The Labute approximate surface area is 202 Å². The summed E-state index contributed by atoms with van der Waals surface area (Å²) < 4.78 is 28.8. The monoisotopic (exact) mass is 473 g/mol. The number of amides is 1. The van der Waals surface area contributed by atoms with Gasteiger partial charge in [-0.2, -0.15) is 0 Å². The molecule has 3 fully saturated rings. The number of ether oxygens (including phenoxy) is 3. The summed E-state index contributed by atoms with van der Waals surface area (Å²) in [6, 6.07) is 8.75. The highest BCUT2D eigenvalue weighted by Crippen LogP contribution is 2.50. The maximum Gasteiger partial charge on any atom is 0.457 e. The normalized spacial score (nSPS) is 29.2. The van der Waals surface area contributed by atoms with Crippen LogP contribution in [0.15, 0.2) is 30.3 Å². The SMILES string of the molecule is COC(=O)[C@H]1N(C(=O)OCc2ccccc2)CC2COC[C@@]21CCCB1OC(C)(C)C(C)(C)O1. The smallest absolute Gasteiger partial charge is 0.457 e. The minimum absolute atomic E-state index is 0.0409. The first kappa shape index (κ1) is 25.0. The van der Waals surface area contributed by atoms with Gasteiger partial charge in [0.2, 0.25) is 0 Å². The predicted molar refractivity (Wildman–Crippen MR) is 126 cm³/mol. The molecule has 3 heterocycles. The van der Waals surface area contributed by atoms with Crippen molar-refractivity contribution in [2.45, 2.75) is 70.7 Å². The number of likely N-dealkylation sites (tertiary alicyclic amines) is 1. The lowest BCUT2D eigenvalue weighted by molar-refractivity contribution is -0.149. The summed E-state index contributed by atoms with van der Waals surface area (Å²) >= 11 is 0. The van der Waals surface area contributed by atoms with Crippen LogP contribution in [0.2, 0.25) is 6.32 Å². The molecular weight excluding hydrogens is 437 g/mol. The van der Waals surface area contributed by atoms with Crippen molar-refractivity contribution >= 4 is 19.2 Å². The van der Waals surface area contributed by atoms with E-state index < -0.39 is 23.5 Å². The molecule has 1 aromatic rings. The van der Waals surface area contributed by atoms with Gasteiger partial charge in [0.25, 0.3) is 0 Å². The Morgan fingerprint density at radius 2 is 1.79 bits per heavy atom. The molecule has 3 atom stereocenters. The lowest BCUT2D eigenvalue weighted by atomic mass is 9.69. The van der Waals surface area contributed by atoms with Crippen molar-refractivity contribution in [1.82, 2.24) is 4.90 Å². The third-order valence-corrected chi connectivity index (χ3v) is 8.02. The molecule has 186 valence electrons. The number of carbonyl (C=O) groups excluding carboxylic acids is 2. The predicted octanol–water partition coefficient (Wildman–Crippen LogP) is 3.69.